The molecule has 0 fully saturated rings. The van der Waals surface area contributed by atoms with Crippen LogP contribution in [0, 0.1) is 6.92 Å². The third-order valence-electron chi connectivity index (χ3n) is 4.00. The molecule has 0 saturated heterocycles. The van der Waals surface area contributed by atoms with Crippen molar-refractivity contribution in [2.45, 2.75) is 13.8 Å². The molecule has 0 saturated carbocycles. The third-order valence-corrected chi connectivity index (χ3v) is 4.00. The van der Waals surface area contributed by atoms with Crippen molar-refractivity contribution in [1.82, 2.24) is 5.43 Å². The number of carbonyl (C=O) groups is 1. The molecule has 0 aliphatic heterocycles. The van der Waals surface area contributed by atoms with Crippen LogP contribution < -0.4 is 14.9 Å². The van der Waals surface area contributed by atoms with E-state index in [1.165, 1.54) is 0 Å². The van der Waals surface area contributed by atoms with Gasteiger partial charge in [-0.1, -0.05) is 48.0 Å². The molecule has 0 spiro atoms. The van der Waals surface area contributed by atoms with E-state index in [9.17, 15) is 4.79 Å². The van der Waals surface area contributed by atoms with Crippen molar-refractivity contribution in [3.8, 4) is 11.5 Å². The fraction of sp³-hybridized carbons (Fsp3) is 0.182. The number of nitrogens with zero attached hydrogens (tertiary/aromatic N) is 1. The van der Waals surface area contributed by atoms with E-state index >= 15 is 0 Å². The maximum absolute atomic E-state index is 12.0. The number of nitrogens with one attached hydrogen (secondary N) is 1. The number of aryl methyl sites for hydroxylation is 1. The van der Waals surface area contributed by atoms with Crippen LogP contribution in [0.1, 0.15) is 18.1 Å². The zero-order chi connectivity index (χ0) is 19.1. The zero-order valence-corrected chi connectivity index (χ0v) is 15.4. The van der Waals surface area contributed by atoms with Crippen LogP contribution in [0.4, 0.5) is 0 Å². The Morgan fingerprint density at radius 1 is 1.04 bits per heavy atom. The number of amides is 1. The number of hydrogen-bond donors (Lipinski definition) is 1. The molecule has 0 atom stereocenters. The predicted octanol–water partition coefficient (Wildman–Crippen LogP) is 4.08. The van der Waals surface area contributed by atoms with Gasteiger partial charge in [0.15, 0.2) is 6.61 Å². The fourth-order valence-electron chi connectivity index (χ4n) is 2.67. The van der Waals surface area contributed by atoms with Gasteiger partial charge in [-0.15, -0.1) is 0 Å². The predicted molar refractivity (Wildman–Crippen MR) is 108 cm³/mol. The van der Waals surface area contributed by atoms with Crippen molar-refractivity contribution in [2.24, 2.45) is 5.10 Å². The van der Waals surface area contributed by atoms with Gasteiger partial charge in [-0.25, -0.2) is 5.43 Å². The van der Waals surface area contributed by atoms with Crippen LogP contribution >= 0.6 is 0 Å². The first kappa shape index (κ1) is 18.5. The van der Waals surface area contributed by atoms with Gasteiger partial charge in [-0.2, -0.15) is 5.10 Å². The maximum atomic E-state index is 12.0. The molecule has 1 N–H and O–H groups in total. The second kappa shape index (κ2) is 8.85. The van der Waals surface area contributed by atoms with E-state index in [1.807, 2.05) is 74.5 Å². The molecule has 5 heteroatoms. The average Bonchev–Trinajstić information content (AvgIpc) is 2.69. The third kappa shape index (κ3) is 4.85. The van der Waals surface area contributed by atoms with Crippen molar-refractivity contribution in [3.63, 3.8) is 0 Å². The van der Waals surface area contributed by atoms with Gasteiger partial charge in [-0.05, 0) is 42.8 Å². The highest BCUT2D eigenvalue weighted by atomic mass is 16.5. The summed E-state index contributed by atoms with van der Waals surface area (Å²) in [5.41, 5.74) is 4.46. The Kier molecular flexibility index (Phi) is 6.05. The van der Waals surface area contributed by atoms with E-state index in [0.717, 1.165) is 27.6 Å². The standard InChI is InChI=1S/C22H22N2O3/c1-3-26-21-13-10-17-6-4-5-7-19(17)20(21)14-23-24-22(25)15-27-18-11-8-16(2)9-12-18/h4-14H,3,15H2,1-2H3,(H,24,25)/b23-14-. The quantitative estimate of drug-likeness (QED) is 0.509. The first-order chi connectivity index (χ1) is 13.2. The summed E-state index contributed by atoms with van der Waals surface area (Å²) in [5.74, 6) is 1.04. The van der Waals surface area contributed by atoms with Crippen molar-refractivity contribution in [2.75, 3.05) is 13.2 Å². The summed E-state index contributed by atoms with van der Waals surface area (Å²) < 4.78 is 11.1. The molecule has 0 unspecified atom stereocenters. The molecule has 0 heterocycles. The highest BCUT2D eigenvalue weighted by molar-refractivity contribution is 6.02. The molecule has 3 rings (SSSR count). The first-order valence-electron chi connectivity index (χ1n) is 8.83. The van der Waals surface area contributed by atoms with E-state index in [1.54, 1.807) is 6.21 Å². The Labute approximate surface area is 158 Å². The van der Waals surface area contributed by atoms with Crippen molar-refractivity contribution in [3.05, 3.63) is 71.8 Å². The van der Waals surface area contributed by atoms with E-state index in [4.69, 9.17) is 9.47 Å². The fourth-order valence-corrected chi connectivity index (χ4v) is 2.67. The SMILES string of the molecule is CCOc1ccc2ccccc2c1/C=N\NC(=O)COc1ccc(C)cc1. The van der Waals surface area contributed by atoms with Crippen LogP contribution in [0.2, 0.25) is 0 Å². The van der Waals surface area contributed by atoms with E-state index < -0.39 is 0 Å². The van der Waals surface area contributed by atoms with Crippen LogP contribution in [-0.4, -0.2) is 25.3 Å². The smallest absolute Gasteiger partial charge is 0.277 e. The topological polar surface area (TPSA) is 59.9 Å². The minimum Gasteiger partial charge on any atom is -0.493 e. The monoisotopic (exact) mass is 362 g/mol. The molecule has 1 amide bonds. The van der Waals surface area contributed by atoms with Gasteiger partial charge in [0, 0.05) is 5.56 Å². The number of hydrogen-bond acceptors (Lipinski definition) is 4. The number of hydrazone groups is 1. The average molecular weight is 362 g/mol. The highest BCUT2D eigenvalue weighted by Gasteiger charge is 2.07. The van der Waals surface area contributed by atoms with Crippen LogP contribution in [0.5, 0.6) is 11.5 Å². The lowest BCUT2D eigenvalue weighted by atomic mass is 10.0. The number of fused-ring (bicyclic) bond motifs is 1. The van der Waals surface area contributed by atoms with Crippen LogP contribution in [-0.2, 0) is 4.79 Å². The second-order valence-corrected chi connectivity index (χ2v) is 6.03. The largest absolute Gasteiger partial charge is 0.493 e. The molecule has 0 aliphatic rings. The molecule has 0 radical (unpaired) electrons. The summed E-state index contributed by atoms with van der Waals surface area (Å²) in [7, 11) is 0. The minimum absolute atomic E-state index is 0.103. The molecule has 3 aromatic rings. The summed E-state index contributed by atoms with van der Waals surface area (Å²) in [6, 6.07) is 19.4. The van der Waals surface area contributed by atoms with E-state index in [0.29, 0.717) is 12.4 Å². The van der Waals surface area contributed by atoms with Gasteiger partial charge >= 0.3 is 0 Å². The number of benzene rings is 3. The summed E-state index contributed by atoms with van der Waals surface area (Å²) in [4.78, 5) is 12.0. The van der Waals surface area contributed by atoms with Gasteiger partial charge < -0.3 is 9.47 Å². The van der Waals surface area contributed by atoms with Crippen LogP contribution in [0.3, 0.4) is 0 Å². The molecular weight excluding hydrogens is 340 g/mol. The molecule has 27 heavy (non-hydrogen) atoms. The number of ether oxygens (including phenoxy) is 2. The molecule has 0 bridgehead atoms. The number of rotatable bonds is 7. The highest BCUT2D eigenvalue weighted by Crippen LogP contribution is 2.26. The summed E-state index contributed by atoms with van der Waals surface area (Å²) >= 11 is 0. The summed E-state index contributed by atoms with van der Waals surface area (Å²) in [6.45, 7) is 4.37. The molecule has 5 nitrogen and oxygen atoms in total. The molecular formula is C22H22N2O3. The van der Waals surface area contributed by atoms with Gasteiger partial charge in [0.25, 0.3) is 5.91 Å². The summed E-state index contributed by atoms with van der Waals surface area (Å²) in [6.07, 6.45) is 1.61. The normalized spacial score (nSPS) is 10.9. The van der Waals surface area contributed by atoms with Gasteiger partial charge in [0.05, 0.1) is 12.8 Å². The maximum Gasteiger partial charge on any atom is 0.277 e. The lowest BCUT2D eigenvalue weighted by Gasteiger charge is -2.10. The Bertz CT molecular complexity index is 949. The Hall–Kier alpha value is -3.34. The van der Waals surface area contributed by atoms with Gasteiger partial charge in [0.2, 0.25) is 0 Å². The van der Waals surface area contributed by atoms with Gasteiger partial charge in [0.1, 0.15) is 11.5 Å². The molecule has 3 aromatic carbocycles. The van der Waals surface area contributed by atoms with Crippen LogP contribution in [0.25, 0.3) is 10.8 Å². The lowest BCUT2D eigenvalue weighted by molar-refractivity contribution is -0.123. The van der Waals surface area contributed by atoms with Gasteiger partial charge in [-0.3, -0.25) is 4.79 Å². The minimum atomic E-state index is -0.329. The van der Waals surface area contributed by atoms with Crippen molar-refractivity contribution in [1.29, 1.82) is 0 Å². The summed E-state index contributed by atoms with van der Waals surface area (Å²) in [5, 5.41) is 6.17. The zero-order valence-electron chi connectivity index (χ0n) is 15.4. The Balaban J connectivity index is 1.67. The Morgan fingerprint density at radius 3 is 2.59 bits per heavy atom. The molecule has 138 valence electrons. The lowest BCUT2D eigenvalue weighted by Crippen LogP contribution is -2.24. The van der Waals surface area contributed by atoms with E-state index in [-0.39, 0.29) is 12.5 Å². The van der Waals surface area contributed by atoms with E-state index in [2.05, 4.69) is 10.5 Å². The Morgan fingerprint density at radius 2 is 1.81 bits per heavy atom. The number of carbonyl (C=O) groups excluding carboxylic acids is 1. The first-order valence-corrected chi connectivity index (χ1v) is 8.83. The van der Waals surface area contributed by atoms with Crippen LogP contribution in [0.15, 0.2) is 65.8 Å². The van der Waals surface area contributed by atoms with Crippen molar-refractivity contribution < 1.29 is 14.3 Å². The van der Waals surface area contributed by atoms with Crippen molar-refractivity contribution >= 4 is 22.9 Å². The molecule has 0 aliphatic carbocycles. The second-order valence-electron chi connectivity index (χ2n) is 6.03. The molecule has 0 aromatic heterocycles.